The third kappa shape index (κ3) is 4.58. The maximum atomic E-state index is 13.4. The van der Waals surface area contributed by atoms with Gasteiger partial charge in [-0.05, 0) is 53.7 Å². The summed E-state index contributed by atoms with van der Waals surface area (Å²) in [6, 6.07) is 9.28. The lowest BCUT2D eigenvalue weighted by molar-refractivity contribution is -0.138. The van der Waals surface area contributed by atoms with Crippen molar-refractivity contribution in [2.75, 3.05) is 14.2 Å². The van der Waals surface area contributed by atoms with Crippen LogP contribution in [0, 0.1) is 11.3 Å². The van der Waals surface area contributed by atoms with E-state index in [0.717, 1.165) is 12.1 Å². The molecule has 0 aliphatic carbocycles. The molecule has 2 aromatic carbocycles. The number of alkyl halides is 3. The fraction of sp³-hybridized carbons (Fsp3) is 0.150. The summed E-state index contributed by atoms with van der Waals surface area (Å²) >= 11 is 1.17. The number of nitrogens with zero attached hydrogens (tertiary/aromatic N) is 2. The number of amidine groups is 1. The van der Waals surface area contributed by atoms with Crippen molar-refractivity contribution >= 4 is 28.9 Å². The first-order valence-electron chi connectivity index (χ1n) is 8.40. The lowest BCUT2D eigenvalue weighted by Crippen LogP contribution is -2.19. The predicted octanol–water partition coefficient (Wildman–Crippen LogP) is 4.57. The normalized spacial score (nSPS) is 16.5. The molecule has 1 amide bonds. The monoisotopic (exact) mass is 433 g/mol. The Balaban J connectivity index is 1.94. The molecule has 0 bridgehead atoms. The number of carbonyl (C=O) groups excluding carboxylic acids is 1. The largest absolute Gasteiger partial charge is 0.493 e. The van der Waals surface area contributed by atoms with Crippen molar-refractivity contribution in [3.8, 4) is 23.3 Å². The lowest BCUT2D eigenvalue weighted by Gasteiger charge is -2.16. The summed E-state index contributed by atoms with van der Waals surface area (Å²) in [4.78, 5) is 16.3. The van der Waals surface area contributed by atoms with Crippen LogP contribution in [0.5, 0.6) is 17.2 Å². The van der Waals surface area contributed by atoms with E-state index in [1.54, 1.807) is 25.3 Å². The molecule has 2 aromatic rings. The Morgan fingerprint density at radius 2 is 1.90 bits per heavy atom. The Morgan fingerprint density at radius 3 is 2.50 bits per heavy atom. The van der Waals surface area contributed by atoms with E-state index < -0.39 is 17.5 Å². The van der Waals surface area contributed by atoms with Crippen LogP contribution in [0.15, 0.2) is 46.3 Å². The molecule has 30 heavy (non-hydrogen) atoms. The number of thioether (sulfide) groups is 1. The Morgan fingerprint density at radius 1 is 1.17 bits per heavy atom. The van der Waals surface area contributed by atoms with Gasteiger partial charge < -0.3 is 14.8 Å². The Hall–Kier alpha value is -3.45. The molecule has 0 radical (unpaired) electrons. The van der Waals surface area contributed by atoms with Gasteiger partial charge >= 0.3 is 6.18 Å². The SMILES string of the molecule is CN=C1NC(=O)C(=Cc2ccc(Oc3ccc(C#N)cc3C(F)(F)F)c(OC)c2)S1. The molecule has 0 aromatic heterocycles. The third-order valence-corrected chi connectivity index (χ3v) is 4.97. The summed E-state index contributed by atoms with van der Waals surface area (Å²) < 4.78 is 50.8. The molecule has 6 nitrogen and oxygen atoms in total. The number of methoxy groups -OCH3 is 1. The van der Waals surface area contributed by atoms with Crippen LogP contribution in [0.4, 0.5) is 13.2 Å². The molecule has 0 spiro atoms. The van der Waals surface area contributed by atoms with E-state index in [9.17, 15) is 18.0 Å². The van der Waals surface area contributed by atoms with Gasteiger partial charge in [0.25, 0.3) is 5.91 Å². The van der Waals surface area contributed by atoms with Crippen molar-refractivity contribution in [3.05, 3.63) is 58.0 Å². The van der Waals surface area contributed by atoms with Crippen LogP contribution in [-0.4, -0.2) is 25.2 Å². The molecule has 0 unspecified atom stereocenters. The van der Waals surface area contributed by atoms with E-state index in [0.29, 0.717) is 15.6 Å². The maximum Gasteiger partial charge on any atom is 0.420 e. The van der Waals surface area contributed by atoms with E-state index in [4.69, 9.17) is 14.7 Å². The van der Waals surface area contributed by atoms with Crippen LogP contribution in [0.3, 0.4) is 0 Å². The molecule has 1 aliphatic rings. The van der Waals surface area contributed by atoms with Gasteiger partial charge in [0.15, 0.2) is 16.7 Å². The molecule has 0 saturated carbocycles. The van der Waals surface area contributed by atoms with E-state index in [2.05, 4.69) is 10.3 Å². The van der Waals surface area contributed by atoms with Crippen LogP contribution in [-0.2, 0) is 11.0 Å². The topological polar surface area (TPSA) is 83.7 Å². The van der Waals surface area contributed by atoms with Gasteiger partial charge in [-0.3, -0.25) is 9.79 Å². The first kappa shape index (κ1) is 21.3. The van der Waals surface area contributed by atoms with E-state index in [-0.39, 0.29) is 23.0 Å². The van der Waals surface area contributed by atoms with Crippen LogP contribution in [0.2, 0.25) is 0 Å². The van der Waals surface area contributed by atoms with Gasteiger partial charge in [-0.2, -0.15) is 18.4 Å². The number of nitriles is 1. The summed E-state index contributed by atoms with van der Waals surface area (Å²) in [6.45, 7) is 0. The van der Waals surface area contributed by atoms with Crippen molar-refractivity contribution in [2.45, 2.75) is 6.18 Å². The van der Waals surface area contributed by atoms with Crippen molar-refractivity contribution in [2.24, 2.45) is 4.99 Å². The number of nitrogens with one attached hydrogen (secondary N) is 1. The van der Waals surface area contributed by atoms with Gasteiger partial charge in [-0.25, -0.2) is 0 Å². The zero-order valence-electron chi connectivity index (χ0n) is 15.7. The number of ether oxygens (including phenoxy) is 2. The average Bonchev–Trinajstić information content (AvgIpc) is 3.08. The zero-order valence-corrected chi connectivity index (χ0v) is 16.5. The van der Waals surface area contributed by atoms with Gasteiger partial charge in [0.2, 0.25) is 0 Å². The van der Waals surface area contributed by atoms with Gasteiger partial charge in [-0.15, -0.1) is 0 Å². The highest BCUT2D eigenvalue weighted by Crippen LogP contribution is 2.41. The van der Waals surface area contributed by atoms with E-state index in [1.807, 2.05) is 0 Å². The molecule has 1 heterocycles. The van der Waals surface area contributed by atoms with E-state index >= 15 is 0 Å². The van der Waals surface area contributed by atoms with Crippen molar-refractivity contribution in [1.29, 1.82) is 5.26 Å². The summed E-state index contributed by atoms with van der Waals surface area (Å²) in [5, 5.41) is 11.9. The van der Waals surface area contributed by atoms with Crippen molar-refractivity contribution in [1.82, 2.24) is 5.32 Å². The number of hydrogen-bond donors (Lipinski definition) is 1. The molecule has 1 N–H and O–H groups in total. The number of aliphatic imine (C=N–C) groups is 1. The van der Waals surface area contributed by atoms with Gasteiger partial charge in [-0.1, -0.05) is 6.07 Å². The Labute approximate surface area is 174 Å². The number of benzene rings is 2. The molecule has 1 saturated heterocycles. The highest BCUT2D eigenvalue weighted by Gasteiger charge is 2.35. The summed E-state index contributed by atoms with van der Waals surface area (Å²) in [7, 11) is 2.90. The first-order chi connectivity index (χ1) is 14.2. The van der Waals surface area contributed by atoms with Crippen molar-refractivity contribution < 1.29 is 27.4 Å². The number of hydrogen-bond acceptors (Lipinski definition) is 6. The van der Waals surface area contributed by atoms with Gasteiger partial charge in [0, 0.05) is 7.05 Å². The average molecular weight is 433 g/mol. The molecular weight excluding hydrogens is 419 g/mol. The number of rotatable bonds is 4. The quantitative estimate of drug-likeness (QED) is 0.715. The standard InChI is InChI=1S/C20H14F3N3O3S/c1-25-19-26-18(27)17(30-19)9-11-3-6-15(16(8-11)28-2)29-14-5-4-12(10-24)7-13(14)20(21,22)23/h3-9H,1-2H3,(H,25,26,27). The highest BCUT2D eigenvalue weighted by atomic mass is 32.2. The van der Waals surface area contributed by atoms with Gasteiger partial charge in [0.1, 0.15) is 5.75 Å². The van der Waals surface area contributed by atoms with Crippen LogP contribution in [0.25, 0.3) is 6.08 Å². The minimum absolute atomic E-state index is 0.0502. The number of carbonyl (C=O) groups is 1. The second-order valence-electron chi connectivity index (χ2n) is 5.93. The maximum absolute atomic E-state index is 13.4. The lowest BCUT2D eigenvalue weighted by atomic mass is 10.1. The molecule has 0 atom stereocenters. The molecule has 3 rings (SSSR count). The van der Waals surface area contributed by atoms with Crippen molar-refractivity contribution in [3.63, 3.8) is 0 Å². The minimum Gasteiger partial charge on any atom is -0.493 e. The van der Waals surface area contributed by atoms with Crippen LogP contribution >= 0.6 is 11.8 Å². The van der Waals surface area contributed by atoms with Gasteiger partial charge in [0.05, 0.1) is 29.2 Å². The Kier molecular flexibility index (Phi) is 6.03. The second-order valence-corrected chi connectivity index (χ2v) is 6.96. The fourth-order valence-electron chi connectivity index (χ4n) is 2.57. The second kappa shape index (κ2) is 8.51. The molecule has 10 heteroatoms. The Bertz CT molecular complexity index is 1100. The first-order valence-corrected chi connectivity index (χ1v) is 9.21. The fourth-order valence-corrected chi connectivity index (χ4v) is 3.35. The van der Waals surface area contributed by atoms with E-state index in [1.165, 1.54) is 37.1 Å². The molecule has 1 fully saturated rings. The third-order valence-electron chi connectivity index (χ3n) is 3.97. The predicted molar refractivity (Wildman–Crippen MR) is 106 cm³/mol. The molecular formula is C20H14F3N3O3S. The number of amides is 1. The highest BCUT2D eigenvalue weighted by molar-refractivity contribution is 8.18. The molecule has 1 aliphatic heterocycles. The minimum atomic E-state index is -4.70. The van der Waals surface area contributed by atoms with Crippen LogP contribution in [0.1, 0.15) is 16.7 Å². The number of halogens is 3. The summed E-state index contributed by atoms with van der Waals surface area (Å²) in [5.41, 5.74) is -0.615. The van der Waals surface area contributed by atoms with Crippen LogP contribution < -0.4 is 14.8 Å². The summed E-state index contributed by atoms with van der Waals surface area (Å²) in [5.74, 6) is -0.531. The molecule has 154 valence electrons. The summed E-state index contributed by atoms with van der Waals surface area (Å²) in [6.07, 6.45) is -3.10. The zero-order chi connectivity index (χ0) is 21.9. The smallest absolute Gasteiger partial charge is 0.420 e.